The first-order valence-corrected chi connectivity index (χ1v) is 8.93. The van der Waals surface area contributed by atoms with Crippen LogP contribution in [0, 0.1) is 5.92 Å². The third-order valence-corrected chi connectivity index (χ3v) is 4.72. The summed E-state index contributed by atoms with van der Waals surface area (Å²) in [6.07, 6.45) is 8.39. The number of benzene rings is 2. The van der Waals surface area contributed by atoms with Gasteiger partial charge in [0.15, 0.2) is 0 Å². The Bertz CT molecular complexity index is 670. The molecule has 0 saturated heterocycles. The van der Waals surface area contributed by atoms with Gasteiger partial charge in [-0.25, -0.2) is 0 Å². The molecule has 1 fully saturated rings. The quantitative estimate of drug-likeness (QED) is 0.615. The molecule has 0 aromatic heterocycles. The van der Waals surface area contributed by atoms with Crippen LogP contribution in [0.15, 0.2) is 60.7 Å². The van der Waals surface area contributed by atoms with Crippen molar-refractivity contribution in [3.8, 4) is 0 Å². The minimum atomic E-state index is 0.0237. The second kappa shape index (κ2) is 8.49. The Morgan fingerprint density at radius 3 is 2.21 bits per heavy atom. The Labute approximate surface area is 144 Å². The number of hydrogen-bond donors (Lipinski definition) is 1. The van der Waals surface area contributed by atoms with Crippen molar-refractivity contribution >= 4 is 17.6 Å². The average Bonchev–Trinajstić information content (AvgIpc) is 2.66. The first-order valence-electron chi connectivity index (χ1n) is 8.93. The van der Waals surface area contributed by atoms with Crippen molar-refractivity contribution in [2.24, 2.45) is 5.92 Å². The van der Waals surface area contributed by atoms with E-state index in [0.29, 0.717) is 5.92 Å². The summed E-state index contributed by atoms with van der Waals surface area (Å²) in [5.41, 5.74) is 2.74. The Hall–Kier alpha value is -2.35. The predicted molar refractivity (Wildman–Crippen MR) is 100 cm³/mol. The number of rotatable bonds is 5. The van der Waals surface area contributed by atoms with Gasteiger partial charge in [0.05, 0.1) is 0 Å². The zero-order chi connectivity index (χ0) is 16.6. The molecule has 2 aromatic rings. The second-order valence-electron chi connectivity index (χ2n) is 6.55. The fourth-order valence-electron chi connectivity index (χ4n) is 3.34. The minimum Gasteiger partial charge on any atom is -0.352 e. The van der Waals surface area contributed by atoms with E-state index in [1.165, 1.54) is 32.1 Å². The van der Waals surface area contributed by atoms with E-state index >= 15 is 0 Å². The summed E-state index contributed by atoms with van der Waals surface area (Å²) in [5, 5.41) is 3.16. The standard InChI is InChI=1S/C22H25NO/c24-22(23-17-19-12-6-2-7-13-19)21(20-14-8-3-9-15-20)16-18-10-4-1-5-11-18/h1,3-5,8-11,14-16,19H,2,6-7,12-13,17H2,(H,23,24)/b21-16+. The fourth-order valence-corrected chi connectivity index (χ4v) is 3.34. The second-order valence-corrected chi connectivity index (χ2v) is 6.55. The summed E-state index contributed by atoms with van der Waals surface area (Å²) in [7, 11) is 0. The molecule has 0 atom stereocenters. The van der Waals surface area contributed by atoms with Crippen LogP contribution >= 0.6 is 0 Å². The van der Waals surface area contributed by atoms with E-state index in [0.717, 1.165) is 23.2 Å². The molecule has 2 aromatic carbocycles. The van der Waals surface area contributed by atoms with Crippen LogP contribution in [0.25, 0.3) is 11.6 Å². The third kappa shape index (κ3) is 4.58. The van der Waals surface area contributed by atoms with Crippen LogP contribution in [0.1, 0.15) is 43.2 Å². The van der Waals surface area contributed by atoms with Gasteiger partial charge in [-0.1, -0.05) is 79.9 Å². The fraction of sp³-hybridized carbons (Fsp3) is 0.318. The molecule has 0 spiro atoms. The Balaban J connectivity index is 1.76. The monoisotopic (exact) mass is 319 g/mol. The lowest BCUT2D eigenvalue weighted by Crippen LogP contribution is -2.30. The maximum Gasteiger partial charge on any atom is 0.251 e. The van der Waals surface area contributed by atoms with Crippen molar-refractivity contribution in [3.05, 3.63) is 71.8 Å². The highest BCUT2D eigenvalue weighted by Crippen LogP contribution is 2.23. The van der Waals surface area contributed by atoms with Crippen molar-refractivity contribution < 1.29 is 4.79 Å². The first-order chi connectivity index (χ1) is 11.8. The maximum absolute atomic E-state index is 12.8. The van der Waals surface area contributed by atoms with Crippen molar-refractivity contribution in [1.82, 2.24) is 5.32 Å². The smallest absolute Gasteiger partial charge is 0.251 e. The lowest BCUT2D eigenvalue weighted by atomic mass is 9.89. The summed E-state index contributed by atoms with van der Waals surface area (Å²) >= 11 is 0. The number of amides is 1. The molecular weight excluding hydrogens is 294 g/mol. The molecule has 1 aliphatic carbocycles. The molecule has 24 heavy (non-hydrogen) atoms. The van der Waals surface area contributed by atoms with E-state index in [4.69, 9.17) is 0 Å². The van der Waals surface area contributed by atoms with Crippen LogP contribution in [-0.4, -0.2) is 12.5 Å². The molecule has 0 heterocycles. The first kappa shape index (κ1) is 16.5. The Kier molecular flexibility index (Phi) is 5.84. The van der Waals surface area contributed by atoms with Gasteiger partial charge in [0.1, 0.15) is 0 Å². The molecule has 124 valence electrons. The van der Waals surface area contributed by atoms with Crippen LogP contribution in [0.4, 0.5) is 0 Å². The highest BCUT2D eigenvalue weighted by atomic mass is 16.1. The highest BCUT2D eigenvalue weighted by Gasteiger charge is 2.17. The van der Waals surface area contributed by atoms with Gasteiger partial charge in [-0.2, -0.15) is 0 Å². The van der Waals surface area contributed by atoms with E-state index in [9.17, 15) is 4.79 Å². The third-order valence-electron chi connectivity index (χ3n) is 4.72. The number of hydrogen-bond acceptors (Lipinski definition) is 1. The lowest BCUT2D eigenvalue weighted by Gasteiger charge is -2.22. The van der Waals surface area contributed by atoms with Crippen LogP contribution in [0.5, 0.6) is 0 Å². The predicted octanol–water partition coefficient (Wildman–Crippen LogP) is 4.92. The van der Waals surface area contributed by atoms with E-state index in [2.05, 4.69) is 5.32 Å². The molecule has 1 amide bonds. The van der Waals surface area contributed by atoms with Crippen LogP contribution in [-0.2, 0) is 4.79 Å². The van der Waals surface area contributed by atoms with Crippen LogP contribution in [0.2, 0.25) is 0 Å². The van der Waals surface area contributed by atoms with Gasteiger partial charge in [0.25, 0.3) is 5.91 Å². The molecule has 1 saturated carbocycles. The van der Waals surface area contributed by atoms with Gasteiger partial charge >= 0.3 is 0 Å². The SMILES string of the molecule is O=C(NCC1CCCCC1)/C(=C/c1ccccc1)c1ccccc1. The summed E-state index contributed by atoms with van der Waals surface area (Å²) < 4.78 is 0. The topological polar surface area (TPSA) is 29.1 Å². The summed E-state index contributed by atoms with van der Waals surface area (Å²) in [6.45, 7) is 0.789. The van der Waals surface area contributed by atoms with Crippen molar-refractivity contribution in [3.63, 3.8) is 0 Å². The average molecular weight is 319 g/mol. The van der Waals surface area contributed by atoms with Crippen molar-refractivity contribution in [2.45, 2.75) is 32.1 Å². The van der Waals surface area contributed by atoms with Gasteiger partial charge in [0, 0.05) is 12.1 Å². The van der Waals surface area contributed by atoms with Gasteiger partial charge in [0.2, 0.25) is 0 Å². The number of carbonyl (C=O) groups is 1. The molecular formula is C22H25NO. The zero-order valence-electron chi connectivity index (χ0n) is 14.1. The van der Waals surface area contributed by atoms with Crippen LogP contribution < -0.4 is 5.32 Å². The van der Waals surface area contributed by atoms with Crippen molar-refractivity contribution in [1.29, 1.82) is 0 Å². The van der Waals surface area contributed by atoms with E-state index in [1.54, 1.807) is 0 Å². The normalized spacial score (nSPS) is 15.9. The lowest BCUT2D eigenvalue weighted by molar-refractivity contribution is -0.115. The molecule has 2 nitrogen and oxygen atoms in total. The molecule has 1 N–H and O–H groups in total. The minimum absolute atomic E-state index is 0.0237. The van der Waals surface area contributed by atoms with E-state index in [1.807, 2.05) is 66.7 Å². The molecule has 0 unspecified atom stereocenters. The molecule has 3 rings (SSSR count). The molecule has 2 heteroatoms. The highest BCUT2D eigenvalue weighted by molar-refractivity contribution is 6.24. The van der Waals surface area contributed by atoms with Gasteiger partial charge < -0.3 is 5.32 Å². The summed E-state index contributed by atoms with van der Waals surface area (Å²) in [4.78, 5) is 12.8. The number of carbonyl (C=O) groups excluding carboxylic acids is 1. The summed E-state index contributed by atoms with van der Waals surface area (Å²) in [5.74, 6) is 0.659. The largest absolute Gasteiger partial charge is 0.352 e. The zero-order valence-corrected chi connectivity index (χ0v) is 14.1. The van der Waals surface area contributed by atoms with E-state index in [-0.39, 0.29) is 5.91 Å². The Morgan fingerprint density at radius 1 is 0.917 bits per heavy atom. The van der Waals surface area contributed by atoms with Gasteiger partial charge in [-0.05, 0) is 36.0 Å². The van der Waals surface area contributed by atoms with Crippen molar-refractivity contribution in [2.75, 3.05) is 6.54 Å². The number of nitrogens with one attached hydrogen (secondary N) is 1. The van der Waals surface area contributed by atoms with Gasteiger partial charge in [-0.15, -0.1) is 0 Å². The summed E-state index contributed by atoms with van der Waals surface area (Å²) in [6, 6.07) is 19.9. The van der Waals surface area contributed by atoms with E-state index < -0.39 is 0 Å². The Morgan fingerprint density at radius 2 is 1.54 bits per heavy atom. The molecule has 0 bridgehead atoms. The molecule has 0 radical (unpaired) electrons. The molecule has 0 aliphatic heterocycles. The van der Waals surface area contributed by atoms with Gasteiger partial charge in [-0.3, -0.25) is 4.79 Å². The molecule has 1 aliphatic rings. The van der Waals surface area contributed by atoms with Crippen LogP contribution in [0.3, 0.4) is 0 Å². The maximum atomic E-state index is 12.8.